The average molecular weight is 760 g/mol. The predicted molar refractivity (Wildman–Crippen MR) is 206 cm³/mol. The molecule has 0 fully saturated rings. The van der Waals surface area contributed by atoms with E-state index in [1.807, 2.05) is 66.7 Å². The van der Waals surface area contributed by atoms with E-state index in [9.17, 15) is 10.0 Å². The number of para-hydroxylation sites is 2. The van der Waals surface area contributed by atoms with Gasteiger partial charge in [-0.2, -0.15) is 0 Å². The Hall–Kier alpha value is -5.26. The van der Waals surface area contributed by atoms with Crippen molar-refractivity contribution < 1.29 is 52.2 Å². The monoisotopic (exact) mass is 759 g/mol. The maximum atomic E-state index is 12.6. The molecule has 0 bridgehead atoms. The first-order chi connectivity index (χ1) is 27.2. The third-order valence-corrected chi connectivity index (χ3v) is 8.27. The molecule has 0 amide bonds. The van der Waals surface area contributed by atoms with Gasteiger partial charge in [0.05, 0.1) is 59.5 Å². The second kappa shape index (κ2) is 24.2. The molecule has 0 saturated carbocycles. The Morgan fingerprint density at radius 3 is 1.82 bits per heavy atom. The van der Waals surface area contributed by atoms with Crippen molar-refractivity contribution in [3.8, 4) is 34.8 Å². The molecule has 0 atom stereocenters. The number of fused-ring (bicyclic) bond motifs is 3. The van der Waals surface area contributed by atoms with E-state index < -0.39 is 0 Å². The third-order valence-electron chi connectivity index (χ3n) is 8.27. The zero-order valence-electron chi connectivity index (χ0n) is 31.1. The van der Waals surface area contributed by atoms with Crippen molar-refractivity contribution in [2.45, 2.75) is 32.3 Å². The summed E-state index contributed by atoms with van der Waals surface area (Å²) < 4.78 is 57.8. The number of carbonyl (C=O) groups excluding carboxylic acids is 1. The van der Waals surface area contributed by atoms with Crippen LogP contribution < -0.4 is 23.7 Å². The van der Waals surface area contributed by atoms with Gasteiger partial charge in [-0.05, 0) is 60.5 Å². The lowest BCUT2D eigenvalue weighted by atomic mass is 10.0. The number of benzene rings is 4. The fourth-order valence-electron chi connectivity index (χ4n) is 5.55. The third kappa shape index (κ3) is 14.5. The van der Waals surface area contributed by atoms with Gasteiger partial charge < -0.3 is 52.6 Å². The van der Waals surface area contributed by atoms with Crippen LogP contribution in [0.1, 0.15) is 36.8 Å². The standard InChI is InChI=1S/C42H49NO12/c44-42(12-2-1-7-17-50-37-16-14-34-8-3-4-9-35(34)36(37)31-43-45)55-32-33-13-15-40-41(30-33)54-29-25-49-21-20-47-23-27-52-39-11-6-5-10-38(39)51-26-22-46-18-19-48-24-28-53-40/h3-6,8-11,13-16,30H,1-2,7,12,17-29,32H2. The van der Waals surface area contributed by atoms with Gasteiger partial charge in [0.25, 0.3) is 0 Å². The van der Waals surface area contributed by atoms with Gasteiger partial charge in [0.2, 0.25) is 0 Å². The van der Waals surface area contributed by atoms with Gasteiger partial charge in [0.15, 0.2) is 28.6 Å². The average Bonchev–Trinajstić information content (AvgIpc) is 3.21. The number of unbranched alkanes of at least 4 members (excludes halogenated alkanes) is 2. The molecule has 13 nitrogen and oxygen atoms in total. The molecule has 0 radical (unpaired) electrons. The summed E-state index contributed by atoms with van der Waals surface area (Å²) in [6, 6.07) is 26.9. The molecule has 55 heavy (non-hydrogen) atoms. The fourth-order valence-corrected chi connectivity index (χ4v) is 5.55. The van der Waals surface area contributed by atoms with Crippen LogP contribution in [0.3, 0.4) is 0 Å². The van der Waals surface area contributed by atoms with Crippen LogP contribution in [0.15, 0.2) is 78.9 Å². The summed E-state index contributed by atoms with van der Waals surface area (Å²) in [5, 5.41) is 15.6. The molecule has 13 heteroatoms. The maximum Gasteiger partial charge on any atom is 0.341 e. The predicted octanol–water partition coefficient (Wildman–Crippen LogP) is 7.00. The molecule has 5 rings (SSSR count). The quantitative estimate of drug-likeness (QED) is 0.0988. The maximum absolute atomic E-state index is 12.6. The minimum atomic E-state index is -0.292. The van der Waals surface area contributed by atoms with Crippen LogP contribution >= 0.6 is 0 Å². The van der Waals surface area contributed by atoms with Crippen molar-refractivity contribution in [1.29, 1.82) is 0 Å². The smallest absolute Gasteiger partial charge is 0.341 e. The molecular formula is C42H49NO12. The van der Waals surface area contributed by atoms with E-state index in [1.54, 1.807) is 12.1 Å². The highest BCUT2D eigenvalue weighted by Gasteiger charge is 2.13. The van der Waals surface area contributed by atoms with Crippen molar-refractivity contribution in [1.82, 2.24) is 0 Å². The number of rotatable bonds is 9. The SMILES string of the molecule is O=C(CCCCCOc1ccc2ccccc2c1C#[N+][O-])OCc1ccc2c(c1)OCCOCCOCCOc1ccccc1OCCOCCOCCO2. The Morgan fingerprint density at radius 1 is 0.618 bits per heavy atom. The lowest BCUT2D eigenvalue weighted by molar-refractivity contribution is -0.145. The number of nitrogens with zero attached hydrogens (tertiary/aromatic N) is 1. The first-order valence-electron chi connectivity index (χ1n) is 18.6. The summed E-state index contributed by atoms with van der Waals surface area (Å²) in [6.07, 6.45) is 2.43. The molecule has 0 unspecified atom stereocenters. The van der Waals surface area contributed by atoms with Gasteiger partial charge in [-0.15, -0.1) is 0 Å². The van der Waals surface area contributed by atoms with E-state index in [1.165, 1.54) is 0 Å². The van der Waals surface area contributed by atoms with Crippen molar-refractivity contribution in [2.75, 3.05) is 85.9 Å². The van der Waals surface area contributed by atoms with Crippen molar-refractivity contribution in [2.24, 2.45) is 0 Å². The lowest BCUT2D eigenvalue weighted by Crippen LogP contribution is -2.15. The molecule has 294 valence electrons. The van der Waals surface area contributed by atoms with Crippen LogP contribution in [-0.4, -0.2) is 91.9 Å². The molecule has 4 aromatic carbocycles. The first kappa shape index (κ1) is 40.9. The van der Waals surface area contributed by atoms with E-state index in [2.05, 4.69) is 11.1 Å². The molecule has 0 spiro atoms. The van der Waals surface area contributed by atoms with Gasteiger partial charge >= 0.3 is 12.0 Å². The minimum absolute atomic E-state index is 0.0956. The number of hydrogen-bond donors (Lipinski definition) is 0. The fraction of sp³-hybridized carbons (Fsp3) is 0.429. The molecule has 1 aliphatic heterocycles. The highest BCUT2D eigenvalue weighted by Crippen LogP contribution is 2.30. The van der Waals surface area contributed by atoms with Gasteiger partial charge in [-0.3, -0.25) is 4.79 Å². The zero-order chi connectivity index (χ0) is 38.2. The number of ether oxygens (including phenoxy) is 10. The molecule has 0 saturated heterocycles. The van der Waals surface area contributed by atoms with Crippen molar-refractivity contribution >= 4 is 16.7 Å². The molecule has 0 aromatic heterocycles. The Balaban J connectivity index is 1.02. The van der Waals surface area contributed by atoms with Crippen LogP contribution in [-0.2, 0) is 35.1 Å². The summed E-state index contributed by atoms with van der Waals surface area (Å²) in [5.74, 6) is 2.61. The summed E-state index contributed by atoms with van der Waals surface area (Å²) >= 11 is 0. The van der Waals surface area contributed by atoms with E-state index in [0.717, 1.165) is 29.2 Å². The van der Waals surface area contributed by atoms with Crippen LogP contribution in [0.5, 0.6) is 28.7 Å². The van der Waals surface area contributed by atoms with Gasteiger partial charge in [-0.25, -0.2) is 0 Å². The van der Waals surface area contributed by atoms with Crippen LogP contribution in [0, 0.1) is 11.3 Å². The van der Waals surface area contributed by atoms with Gasteiger partial charge in [0, 0.05) is 16.8 Å². The highest BCUT2D eigenvalue weighted by molar-refractivity contribution is 5.90. The summed E-state index contributed by atoms with van der Waals surface area (Å²) in [7, 11) is 0. The number of esters is 1. The van der Waals surface area contributed by atoms with E-state index in [0.29, 0.717) is 120 Å². The topological polar surface area (TPSA) is 137 Å². The molecule has 4 aromatic rings. The Kier molecular flexibility index (Phi) is 18.0. The lowest BCUT2D eigenvalue weighted by Gasteiger charge is -2.15. The zero-order valence-corrected chi connectivity index (χ0v) is 31.1. The molecular weight excluding hydrogens is 710 g/mol. The van der Waals surface area contributed by atoms with Gasteiger partial charge in [-0.1, -0.05) is 48.5 Å². The second-order valence-corrected chi connectivity index (χ2v) is 12.3. The number of hydrogen-bond acceptors (Lipinski definition) is 12. The summed E-state index contributed by atoms with van der Waals surface area (Å²) in [4.78, 5) is 12.6. The summed E-state index contributed by atoms with van der Waals surface area (Å²) in [5.41, 5.74) is 1.30. The molecule has 0 N–H and O–H groups in total. The van der Waals surface area contributed by atoms with Crippen LogP contribution in [0.4, 0.5) is 0 Å². The largest absolute Gasteiger partial charge is 0.498 e. The Bertz CT molecular complexity index is 1810. The van der Waals surface area contributed by atoms with E-state index in [4.69, 9.17) is 47.4 Å². The normalized spacial score (nSPS) is 15.1. The van der Waals surface area contributed by atoms with Crippen molar-refractivity contribution in [3.05, 3.63) is 100 Å². The van der Waals surface area contributed by atoms with Crippen LogP contribution in [0.2, 0.25) is 0 Å². The second-order valence-electron chi connectivity index (χ2n) is 12.3. The Morgan fingerprint density at radius 2 is 1.18 bits per heavy atom. The minimum Gasteiger partial charge on any atom is -0.498 e. The molecule has 1 aliphatic rings. The van der Waals surface area contributed by atoms with Gasteiger partial charge in [0.1, 0.15) is 38.8 Å². The van der Waals surface area contributed by atoms with E-state index >= 15 is 0 Å². The molecule has 1 heterocycles. The first-order valence-corrected chi connectivity index (χ1v) is 18.6. The van der Waals surface area contributed by atoms with E-state index in [-0.39, 0.29) is 25.6 Å². The number of carbonyl (C=O) groups is 1. The van der Waals surface area contributed by atoms with Crippen LogP contribution in [0.25, 0.3) is 15.8 Å². The summed E-state index contributed by atoms with van der Waals surface area (Å²) in [6.45, 7) is 5.00. The highest BCUT2D eigenvalue weighted by atomic mass is 16.6. The molecule has 0 aliphatic carbocycles. The Labute approximate surface area is 321 Å². The van der Waals surface area contributed by atoms with Crippen molar-refractivity contribution in [3.63, 3.8) is 0 Å².